The molecule has 9 heteroatoms. The van der Waals surface area contributed by atoms with Crippen LogP contribution in [0.4, 0.5) is 0 Å². The molecule has 1 aromatic rings. The number of nitriles is 1. The zero-order valence-electron chi connectivity index (χ0n) is 15.3. The van der Waals surface area contributed by atoms with Gasteiger partial charge in [0.15, 0.2) is 6.61 Å². The number of likely N-dealkylation sites (tertiary alicyclic amines) is 1. The van der Waals surface area contributed by atoms with Gasteiger partial charge in [0.25, 0.3) is 5.91 Å². The molecule has 1 aromatic carbocycles. The van der Waals surface area contributed by atoms with Crippen LogP contribution >= 0.6 is 0 Å². The number of nitrogens with one attached hydrogen (secondary N) is 1. The van der Waals surface area contributed by atoms with Crippen LogP contribution in [0.3, 0.4) is 0 Å². The molecule has 0 bridgehead atoms. The van der Waals surface area contributed by atoms with Crippen molar-refractivity contribution in [1.82, 2.24) is 9.62 Å². The van der Waals surface area contributed by atoms with Gasteiger partial charge < -0.3 is 9.64 Å². The van der Waals surface area contributed by atoms with Gasteiger partial charge in [0.2, 0.25) is 10.0 Å². The Hall–Kier alpha value is -2.44. The fraction of sp³-hybridized carbons (Fsp3) is 0.500. The average molecular weight is 393 g/mol. The summed E-state index contributed by atoms with van der Waals surface area (Å²) in [4.78, 5) is 25.6. The number of carbonyl (C=O) groups is 2. The molecular formula is C18H23N3O5S. The van der Waals surface area contributed by atoms with Gasteiger partial charge in [0.05, 0.1) is 10.5 Å². The average Bonchev–Trinajstić information content (AvgIpc) is 2.64. The van der Waals surface area contributed by atoms with Crippen LogP contribution in [0.25, 0.3) is 0 Å². The molecule has 1 fully saturated rings. The van der Waals surface area contributed by atoms with Crippen LogP contribution < -0.4 is 4.72 Å². The molecule has 8 nitrogen and oxygen atoms in total. The Morgan fingerprint density at radius 2 is 1.89 bits per heavy atom. The zero-order chi connectivity index (χ0) is 20.0. The summed E-state index contributed by atoms with van der Waals surface area (Å²) in [5.74, 6) is -1.15. The number of carbonyl (C=O) groups excluding carboxylic acids is 2. The number of esters is 1. The van der Waals surface area contributed by atoms with Crippen LogP contribution in [-0.2, 0) is 24.3 Å². The molecule has 1 heterocycles. The lowest BCUT2D eigenvalue weighted by Crippen LogP contribution is -2.49. The minimum Gasteiger partial charge on any atom is -0.455 e. The van der Waals surface area contributed by atoms with Crippen LogP contribution in [0.2, 0.25) is 0 Å². The maximum absolute atomic E-state index is 12.3. The predicted molar refractivity (Wildman–Crippen MR) is 96.9 cm³/mol. The zero-order valence-corrected chi connectivity index (χ0v) is 16.2. The van der Waals surface area contributed by atoms with E-state index in [0.29, 0.717) is 0 Å². The number of nitrogens with zero attached hydrogens (tertiary/aromatic N) is 2. The quantitative estimate of drug-likeness (QED) is 0.725. The predicted octanol–water partition coefficient (Wildman–Crippen LogP) is 1.17. The van der Waals surface area contributed by atoms with Gasteiger partial charge in [0.1, 0.15) is 12.6 Å². The molecule has 1 amide bonds. The monoisotopic (exact) mass is 393 g/mol. The molecule has 0 radical (unpaired) electrons. The third-order valence-electron chi connectivity index (χ3n) is 4.54. The number of ether oxygens (including phenoxy) is 1. The summed E-state index contributed by atoms with van der Waals surface area (Å²) in [6.07, 6.45) is 2.86. The van der Waals surface area contributed by atoms with Crippen LogP contribution in [0, 0.1) is 11.3 Å². The van der Waals surface area contributed by atoms with Gasteiger partial charge in [-0.2, -0.15) is 9.98 Å². The number of benzene rings is 1. The number of hydrogen-bond acceptors (Lipinski definition) is 6. The normalized spacial score (nSPS) is 20.0. The van der Waals surface area contributed by atoms with Gasteiger partial charge in [-0.3, -0.25) is 9.59 Å². The van der Waals surface area contributed by atoms with Crippen molar-refractivity contribution in [3.05, 3.63) is 29.8 Å². The van der Waals surface area contributed by atoms with E-state index in [1.165, 1.54) is 18.2 Å². The fourth-order valence-corrected chi connectivity index (χ4v) is 4.33. The number of rotatable bonds is 6. The van der Waals surface area contributed by atoms with Gasteiger partial charge in [-0.05, 0) is 45.2 Å². The minimum absolute atomic E-state index is 0.0263. The van der Waals surface area contributed by atoms with Crippen molar-refractivity contribution in [3.8, 4) is 6.07 Å². The van der Waals surface area contributed by atoms with Gasteiger partial charge in [-0.15, -0.1) is 0 Å². The van der Waals surface area contributed by atoms with Gasteiger partial charge in [-0.25, -0.2) is 8.42 Å². The van der Waals surface area contributed by atoms with Gasteiger partial charge >= 0.3 is 5.97 Å². The Kier molecular flexibility index (Phi) is 6.93. The molecule has 146 valence electrons. The topological polar surface area (TPSA) is 117 Å². The van der Waals surface area contributed by atoms with Crippen LogP contribution in [0.1, 0.15) is 38.7 Å². The molecule has 0 aromatic heterocycles. The van der Waals surface area contributed by atoms with E-state index in [1.807, 2.05) is 13.8 Å². The molecular weight excluding hydrogens is 370 g/mol. The Labute approximate surface area is 159 Å². The number of hydrogen-bond donors (Lipinski definition) is 1. The standard InChI is InChI=1S/C18H23N3O5S/c1-13-6-5-7-14(2)21(13)17(22)12-26-18(23)11-20-27(24,25)16-9-4-3-8-15(16)10-19/h3-4,8-9,13-14,20H,5-7,11-12H2,1-2H3/t13-,14-/m1/s1. The van der Waals surface area contributed by atoms with E-state index < -0.39 is 29.1 Å². The van der Waals surface area contributed by atoms with E-state index in [1.54, 1.807) is 17.0 Å². The highest BCUT2D eigenvalue weighted by Crippen LogP contribution is 2.22. The maximum atomic E-state index is 12.3. The lowest BCUT2D eigenvalue weighted by atomic mass is 9.97. The maximum Gasteiger partial charge on any atom is 0.321 e. The second-order valence-corrected chi connectivity index (χ2v) is 8.26. The molecule has 2 rings (SSSR count). The largest absolute Gasteiger partial charge is 0.455 e. The molecule has 0 saturated carbocycles. The summed E-state index contributed by atoms with van der Waals surface area (Å²) in [5, 5.41) is 9.00. The van der Waals surface area contributed by atoms with Crippen molar-refractivity contribution in [3.63, 3.8) is 0 Å². The van der Waals surface area contributed by atoms with E-state index in [2.05, 4.69) is 4.72 Å². The number of piperidine rings is 1. The molecule has 1 N–H and O–H groups in total. The van der Waals surface area contributed by atoms with Crippen LogP contribution in [0.5, 0.6) is 0 Å². The first-order valence-electron chi connectivity index (χ1n) is 8.72. The Morgan fingerprint density at radius 1 is 1.26 bits per heavy atom. The van der Waals surface area contributed by atoms with E-state index >= 15 is 0 Å². The summed E-state index contributed by atoms with van der Waals surface area (Å²) in [5.41, 5.74) is -0.0263. The molecule has 0 unspecified atom stereocenters. The molecule has 1 aliphatic rings. The summed E-state index contributed by atoms with van der Waals surface area (Å²) < 4.78 is 31.5. The Balaban J connectivity index is 1.89. The minimum atomic E-state index is -4.04. The first-order valence-corrected chi connectivity index (χ1v) is 10.2. The summed E-state index contributed by atoms with van der Waals surface area (Å²) in [6, 6.07) is 7.62. The SMILES string of the molecule is C[C@@H]1CCC[C@@H](C)N1C(=O)COC(=O)CNS(=O)(=O)c1ccccc1C#N. The lowest BCUT2D eigenvalue weighted by Gasteiger charge is -2.38. The molecule has 0 aliphatic carbocycles. The highest BCUT2D eigenvalue weighted by Gasteiger charge is 2.29. The first kappa shape index (κ1) is 20.9. The van der Waals surface area contributed by atoms with Crippen molar-refractivity contribution in [2.45, 2.75) is 50.1 Å². The fourth-order valence-electron chi connectivity index (χ4n) is 3.21. The molecule has 2 atom stereocenters. The highest BCUT2D eigenvalue weighted by molar-refractivity contribution is 7.89. The van der Waals surface area contributed by atoms with Crippen molar-refractivity contribution in [2.24, 2.45) is 0 Å². The van der Waals surface area contributed by atoms with Gasteiger partial charge in [0, 0.05) is 12.1 Å². The summed E-state index contributed by atoms with van der Waals surface area (Å²) in [7, 11) is -4.04. The molecule has 1 aliphatic heterocycles. The van der Waals surface area contributed by atoms with Gasteiger partial charge in [-0.1, -0.05) is 12.1 Å². The van der Waals surface area contributed by atoms with Crippen molar-refractivity contribution < 1.29 is 22.7 Å². The number of sulfonamides is 1. The third kappa shape index (κ3) is 5.28. The van der Waals surface area contributed by atoms with Crippen molar-refractivity contribution >= 4 is 21.9 Å². The molecule has 27 heavy (non-hydrogen) atoms. The lowest BCUT2D eigenvalue weighted by molar-refractivity contribution is -0.154. The van der Waals surface area contributed by atoms with E-state index in [9.17, 15) is 18.0 Å². The highest BCUT2D eigenvalue weighted by atomic mass is 32.2. The van der Waals surface area contributed by atoms with Crippen LogP contribution in [-0.4, -0.2) is 50.4 Å². The molecule has 0 spiro atoms. The van der Waals surface area contributed by atoms with E-state index in [-0.39, 0.29) is 28.4 Å². The summed E-state index contributed by atoms with van der Waals surface area (Å²) in [6.45, 7) is 2.86. The second kappa shape index (κ2) is 8.97. The van der Waals surface area contributed by atoms with E-state index in [4.69, 9.17) is 10.00 Å². The van der Waals surface area contributed by atoms with Crippen LogP contribution in [0.15, 0.2) is 29.2 Å². The second-order valence-electron chi connectivity index (χ2n) is 6.52. The number of amides is 1. The summed E-state index contributed by atoms with van der Waals surface area (Å²) >= 11 is 0. The van der Waals surface area contributed by atoms with E-state index in [0.717, 1.165) is 19.3 Å². The molecule has 1 saturated heterocycles. The van der Waals surface area contributed by atoms with Crippen molar-refractivity contribution in [1.29, 1.82) is 5.26 Å². The van der Waals surface area contributed by atoms with Crippen molar-refractivity contribution in [2.75, 3.05) is 13.2 Å². The Bertz CT molecular complexity index is 837. The third-order valence-corrected chi connectivity index (χ3v) is 6.00. The smallest absolute Gasteiger partial charge is 0.321 e. The Morgan fingerprint density at radius 3 is 2.52 bits per heavy atom. The first-order chi connectivity index (χ1) is 12.8.